The number of carbonyl (C=O) groups is 1. The lowest BCUT2D eigenvalue weighted by molar-refractivity contribution is -0.126. The molecule has 0 saturated carbocycles. The van der Waals surface area contributed by atoms with Gasteiger partial charge >= 0.3 is 0 Å². The molecular formula is C15H17N3O4S2. The van der Waals surface area contributed by atoms with Gasteiger partial charge in [0.2, 0.25) is 0 Å². The molecule has 7 nitrogen and oxygen atoms in total. The molecular weight excluding hydrogens is 350 g/mol. The highest BCUT2D eigenvalue weighted by Crippen LogP contribution is 2.10. The summed E-state index contributed by atoms with van der Waals surface area (Å²) in [5.74, 6) is -0.659. The van der Waals surface area contributed by atoms with Gasteiger partial charge in [0.05, 0.1) is 15.5 Å². The largest absolute Gasteiger partial charge is 0.385 e. The van der Waals surface area contributed by atoms with Crippen molar-refractivity contribution in [2.45, 2.75) is 18.7 Å². The lowest BCUT2D eigenvalue weighted by Gasteiger charge is -2.08. The number of oxime groups is 1. The Balaban J connectivity index is 1.82. The quantitative estimate of drug-likeness (QED) is 0.576. The zero-order valence-electron chi connectivity index (χ0n) is 13.1. The molecule has 0 aliphatic carbocycles. The van der Waals surface area contributed by atoms with E-state index in [0.717, 1.165) is 10.4 Å². The van der Waals surface area contributed by atoms with Crippen LogP contribution in [-0.4, -0.2) is 26.6 Å². The number of rotatable bonds is 7. The molecule has 0 aliphatic rings. The van der Waals surface area contributed by atoms with Crippen molar-refractivity contribution in [1.29, 1.82) is 0 Å². The van der Waals surface area contributed by atoms with Crippen LogP contribution in [-0.2, 0) is 19.7 Å². The van der Waals surface area contributed by atoms with Crippen LogP contribution in [0.25, 0.3) is 0 Å². The van der Waals surface area contributed by atoms with Gasteiger partial charge in [0, 0.05) is 0 Å². The van der Waals surface area contributed by atoms with Gasteiger partial charge in [-0.2, -0.15) is 0 Å². The van der Waals surface area contributed by atoms with Gasteiger partial charge in [-0.15, -0.1) is 16.2 Å². The Morgan fingerprint density at radius 1 is 1.25 bits per heavy atom. The maximum atomic E-state index is 12.0. The fourth-order valence-electron chi connectivity index (χ4n) is 1.65. The molecule has 1 aromatic carbocycles. The molecule has 0 spiro atoms. The number of aryl methyl sites for hydroxylation is 1. The van der Waals surface area contributed by atoms with Crippen molar-refractivity contribution in [2.75, 3.05) is 6.61 Å². The van der Waals surface area contributed by atoms with Crippen LogP contribution in [0.15, 0.2) is 51.8 Å². The molecule has 0 saturated heterocycles. The van der Waals surface area contributed by atoms with E-state index in [0.29, 0.717) is 5.71 Å². The van der Waals surface area contributed by atoms with E-state index < -0.39 is 22.5 Å². The van der Waals surface area contributed by atoms with Gasteiger partial charge < -0.3 is 4.84 Å². The predicted molar refractivity (Wildman–Crippen MR) is 92.1 cm³/mol. The molecule has 2 N–H and O–H groups in total. The van der Waals surface area contributed by atoms with E-state index in [1.807, 2.05) is 29.3 Å². The minimum atomic E-state index is -3.82. The number of nitrogens with zero attached hydrogens (tertiary/aromatic N) is 1. The Labute approximate surface area is 144 Å². The maximum absolute atomic E-state index is 12.0. The van der Waals surface area contributed by atoms with Crippen molar-refractivity contribution >= 4 is 33.0 Å². The average molecular weight is 367 g/mol. The van der Waals surface area contributed by atoms with Crippen LogP contribution in [0.3, 0.4) is 0 Å². The van der Waals surface area contributed by atoms with Gasteiger partial charge in [-0.25, -0.2) is 8.42 Å². The average Bonchev–Trinajstić information content (AvgIpc) is 3.08. The number of carbonyl (C=O) groups excluding carboxylic acids is 1. The first-order chi connectivity index (χ1) is 11.4. The second-order valence-corrected chi connectivity index (χ2v) is 7.52. The minimum Gasteiger partial charge on any atom is -0.385 e. The molecule has 0 bridgehead atoms. The fourth-order valence-corrected chi connectivity index (χ4v) is 3.18. The minimum absolute atomic E-state index is 0.0564. The maximum Gasteiger partial charge on any atom is 0.275 e. The van der Waals surface area contributed by atoms with E-state index in [9.17, 15) is 13.2 Å². The summed E-state index contributed by atoms with van der Waals surface area (Å²) < 4.78 is 24.0. The third-order valence-electron chi connectivity index (χ3n) is 2.93. The topological polar surface area (TPSA) is 96.9 Å². The zero-order chi connectivity index (χ0) is 17.6. The number of thiophene rings is 1. The van der Waals surface area contributed by atoms with Crippen LogP contribution in [0.4, 0.5) is 0 Å². The van der Waals surface area contributed by atoms with Crippen LogP contribution in [0.1, 0.15) is 17.4 Å². The Bertz CT molecular complexity index is 813. The predicted octanol–water partition coefficient (Wildman–Crippen LogP) is 1.81. The molecule has 1 aromatic heterocycles. The molecule has 0 aliphatic heterocycles. The lowest BCUT2D eigenvalue weighted by Crippen LogP contribution is -2.43. The molecule has 2 aromatic rings. The monoisotopic (exact) mass is 367 g/mol. The molecule has 1 amide bonds. The van der Waals surface area contributed by atoms with E-state index >= 15 is 0 Å². The Kier molecular flexibility index (Phi) is 6.07. The summed E-state index contributed by atoms with van der Waals surface area (Å²) in [6.07, 6.45) is 0. The molecule has 128 valence electrons. The standard InChI is InChI=1S/C15H17N3O4S2/c1-11-5-7-13(8-6-11)24(20,21)18-16-15(19)10-22-17-12(2)14-4-3-9-23-14/h3-9,18H,10H2,1-2H3,(H,16,19)/b17-12+. The van der Waals surface area contributed by atoms with Crippen molar-refractivity contribution < 1.29 is 18.0 Å². The Hall–Kier alpha value is -2.23. The van der Waals surface area contributed by atoms with Gasteiger partial charge in [-0.1, -0.05) is 28.9 Å². The molecule has 0 fully saturated rings. The normalized spacial score (nSPS) is 12.0. The summed E-state index contributed by atoms with van der Waals surface area (Å²) >= 11 is 1.50. The van der Waals surface area contributed by atoms with Crippen molar-refractivity contribution in [2.24, 2.45) is 5.16 Å². The Morgan fingerprint density at radius 3 is 2.58 bits per heavy atom. The van der Waals surface area contributed by atoms with E-state index in [1.54, 1.807) is 19.1 Å². The van der Waals surface area contributed by atoms with Crippen LogP contribution in [0.2, 0.25) is 0 Å². The number of benzene rings is 1. The summed E-state index contributed by atoms with van der Waals surface area (Å²) in [6, 6.07) is 10.0. The van der Waals surface area contributed by atoms with Crippen molar-refractivity contribution in [3.63, 3.8) is 0 Å². The van der Waals surface area contributed by atoms with Crippen molar-refractivity contribution in [1.82, 2.24) is 10.3 Å². The SMILES string of the molecule is C/C(=N\OCC(=O)NNS(=O)(=O)c1ccc(C)cc1)c1cccs1. The fraction of sp³-hybridized carbons (Fsp3) is 0.200. The van der Waals surface area contributed by atoms with Crippen molar-refractivity contribution in [3.8, 4) is 0 Å². The van der Waals surface area contributed by atoms with E-state index in [2.05, 4.69) is 10.6 Å². The number of hydrogen-bond acceptors (Lipinski definition) is 6. The van der Waals surface area contributed by atoms with Crippen LogP contribution in [0.5, 0.6) is 0 Å². The molecule has 2 rings (SSSR count). The lowest BCUT2D eigenvalue weighted by atomic mass is 10.2. The van der Waals surface area contributed by atoms with Gasteiger partial charge in [0.25, 0.3) is 15.9 Å². The number of hydrazine groups is 1. The van der Waals surface area contributed by atoms with Gasteiger partial charge in [0.15, 0.2) is 6.61 Å². The number of sulfonamides is 1. The van der Waals surface area contributed by atoms with Gasteiger partial charge in [-0.05, 0) is 37.4 Å². The second kappa shape index (κ2) is 8.04. The molecule has 0 atom stereocenters. The smallest absolute Gasteiger partial charge is 0.275 e. The summed E-state index contributed by atoms with van der Waals surface area (Å²) in [6.45, 7) is 3.20. The first kappa shape index (κ1) is 18.1. The van der Waals surface area contributed by atoms with E-state index in [4.69, 9.17) is 4.84 Å². The summed E-state index contributed by atoms with van der Waals surface area (Å²) in [5, 5.41) is 5.71. The highest BCUT2D eigenvalue weighted by molar-refractivity contribution is 7.89. The highest BCUT2D eigenvalue weighted by Gasteiger charge is 2.14. The summed E-state index contributed by atoms with van der Waals surface area (Å²) in [4.78, 5) is 19.5. The van der Waals surface area contributed by atoms with Gasteiger partial charge in [0.1, 0.15) is 0 Å². The molecule has 1 heterocycles. The first-order valence-corrected chi connectivity index (χ1v) is 9.32. The summed E-state index contributed by atoms with van der Waals surface area (Å²) in [5.41, 5.74) is 3.65. The summed E-state index contributed by atoms with van der Waals surface area (Å²) in [7, 11) is -3.82. The number of nitrogens with one attached hydrogen (secondary N) is 2. The first-order valence-electron chi connectivity index (χ1n) is 6.96. The van der Waals surface area contributed by atoms with Crippen LogP contribution in [0, 0.1) is 6.92 Å². The zero-order valence-corrected chi connectivity index (χ0v) is 14.8. The molecule has 24 heavy (non-hydrogen) atoms. The van der Waals surface area contributed by atoms with Crippen LogP contribution < -0.4 is 10.3 Å². The van der Waals surface area contributed by atoms with Crippen molar-refractivity contribution in [3.05, 3.63) is 52.2 Å². The third-order valence-corrected chi connectivity index (χ3v) is 5.17. The van der Waals surface area contributed by atoms with E-state index in [-0.39, 0.29) is 4.90 Å². The molecule has 0 unspecified atom stereocenters. The number of amides is 1. The van der Waals surface area contributed by atoms with Gasteiger partial charge in [-0.3, -0.25) is 10.2 Å². The highest BCUT2D eigenvalue weighted by atomic mass is 32.2. The molecule has 9 heteroatoms. The van der Waals surface area contributed by atoms with Crippen LogP contribution >= 0.6 is 11.3 Å². The Morgan fingerprint density at radius 2 is 1.96 bits per heavy atom. The second-order valence-electron chi connectivity index (χ2n) is 4.89. The molecule has 0 radical (unpaired) electrons. The third kappa shape index (κ3) is 5.15. The number of hydrogen-bond donors (Lipinski definition) is 2. The van der Waals surface area contributed by atoms with E-state index in [1.165, 1.54) is 23.5 Å².